The van der Waals surface area contributed by atoms with Crippen LogP contribution in [-0.4, -0.2) is 83.6 Å². The summed E-state index contributed by atoms with van der Waals surface area (Å²) in [5.41, 5.74) is -0.122. The number of carboxylic acids is 1. The van der Waals surface area contributed by atoms with Crippen LogP contribution in [0.4, 0.5) is 18.0 Å². The number of aromatic nitrogens is 1. The molecule has 2 atom stereocenters. The Kier molecular flexibility index (Phi) is 7.81. The van der Waals surface area contributed by atoms with Crippen molar-refractivity contribution in [2.24, 2.45) is 5.41 Å². The summed E-state index contributed by atoms with van der Waals surface area (Å²) in [4.78, 5) is 30.0. The zero-order valence-electron chi connectivity index (χ0n) is 17.7. The third-order valence-corrected chi connectivity index (χ3v) is 6.02. The predicted molar refractivity (Wildman–Crippen MR) is 107 cm³/mol. The van der Waals surface area contributed by atoms with Crippen LogP contribution in [0.1, 0.15) is 32.1 Å². The first-order chi connectivity index (χ1) is 15.2. The third kappa shape index (κ3) is 6.02. The first-order valence-electron chi connectivity index (χ1n) is 10.7. The van der Waals surface area contributed by atoms with Crippen molar-refractivity contribution in [3.05, 3.63) is 24.4 Å². The lowest BCUT2D eigenvalue weighted by Gasteiger charge is -2.50. The number of alkyl halides is 3. The molecule has 1 aromatic heterocycles. The molecule has 3 aliphatic heterocycles. The first-order valence-corrected chi connectivity index (χ1v) is 10.7. The second-order valence-electron chi connectivity index (χ2n) is 8.27. The van der Waals surface area contributed by atoms with Gasteiger partial charge in [-0.25, -0.2) is 14.6 Å². The number of pyridine rings is 1. The van der Waals surface area contributed by atoms with Crippen LogP contribution >= 0.6 is 0 Å². The lowest BCUT2D eigenvalue weighted by Crippen LogP contribution is -2.60. The molecule has 0 spiro atoms. The Morgan fingerprint density at radius 3 is 2.53 bits per heavy atom. The molecule has 0 bridgehead atoms. The van der Waals surface area contributed by atoms with Crippen LogP contribution in [-0.2, 0) is 9.53 Å². The van der Waals surface area contributed by atoms with Gasteiger partial charge in [-0.3, -0.25) is 0 Å². The zero-order chi connectivity index (χ0) is 23.2. The van der Waals surface area contributed by atoms with E-state index in [9.17, 15) is 18.0 Å². The molecule has 0 aromatic carbocycles. The van der Waals surface area contributed by atoms with E-state index in [-0.39, 0.29) is 17.6 Å². The van der Waals surface area contributed by atoms with E-state index >= 15 is 0 Å². The highest BCUT2D eigenvalue weighted by Gasteiger charge is 2.48. The molecule has 1 aromatic rings. The number of halogens is 3. The minimum Gasteiger partial charge on any atom is -0.477 e. The number of fused-ring (bicyclic) bond motifs is 1. The highest BCUT2D eigenvalue weighted by molar-refractivity contribution is 5.75. The summed E-state index contributed by atoms with van der Waals surface area (Å²) in [6.45, 7) is 4.67. The van der Waals surface area contributed by atoms with Crippen LogP contribution < -0.4 is 4.74 Å². The lowest BCUT2D eigenvalue weighted by molar-refractivity contribution is -0.192. The van der Waals surface area contributed by atoms with E-state index in [1.807, 2.05) is 28.0 Å². The second kappa shape index (κ2) is 10.4. The summed E-state index contributed by atoms with van der Waals surface area (Å²) in [7, 11) is 0. The Morgan fingerprint density at radius 2 is 1.91 bits per heavy atom. The molecule has 0 radical (unpaired) electrons. The minimum atomic E-state index is -5.08. The molecule has 11 heteroatoms. The maximum Gasteiger partial charge on any atom is 0.490 e. The number of carboxylic acid groups (broad SMARTS) is 1. The van der Waals surface area contributed by atoms with E-state index in [1.54, 1.807) is 6.20 Å². The number of carbonyl (C=O) groups excluding carboxylic acids is 1. The summed E-state index contributed by atoms with van der Waals surface area (Å²) in [6, 6.07) is 5.89. The fraction of sp³-hybridized carbons (Fsp3) is 0.667. The van der Waals surface area contributed by atoms with Crippen molar-refractivity contribution < 1.29 is 37.3 Å². The number of hydrogen-bond acceptors (Lipinski definition) is 5. The number of rotatable bonds is 3. The summed E-state index contributed by atoms with van der Waals surface area (Å²) in [6.07, 6.45) is 2.03. The number of urea groups is 1. The quantitative estimate of drug-likeness (QED) is 0.747. The molecule has 4 heterocycles. The molecular weight excluding hydrogens is 431 g/mol. The van der Waals surface area contributed by atoms with Crippen molar-refractivity contribution in [3.8, 4) is 5.88 Å². The predicted octanol–water partition coefficient (Wildman–Crippen LogP) is 3.18. The molecule has 1 N–H and O–H groups in total. The maximum absolute atomic E-state index is 12.8. The van der Waals surface area contributed by atoms with E-state index in [1.165, 1.54) is 0 Å². The average Bonchev–Trinajstić information content (AvgIpc) is 3.32. The minimum absolute atomic E-state index is 0.122. The molecule has 0 aliphatic carbocycles. The number of aliphatic carboxylic acids is 1. The van der Waals surface area contributed by atoms with E-state index < -0.39 is 12.1 Å². The Balaban J connectivity index is 0.000000360. The molecule has 2 amide bonds. The van der Waals surface area contributed by atoms with Gasteiger partial charge in [0.15, 0.2) is 0 Å². The number of piperidine rings is 1. The number of nitrogens with zero attached hydrogens (tertiary/aromatic N) is 3. The molecule has 178 valence electrons. The summed E-state index contributed by atoms with van der Waals surface area (Å²) in [5.74, 6) is -2.11. The highest BCUT2D eigenvalue weighted by Crippen LogP contribution is 2.41. The Hall–Kier alpha value is -2.56. The van der Waals surface area contributed by atoms with Gasteiger partial charge in [-0.15, -0.1) is 0 Å². The van der Waals surface area contributed by atoms with Crippen molar-refractivity contribution in [2.45, 2.75) is 44.4 Å². The van der Waals surface area contributed by atoms with Gasteiger partial charge in [-0.2, -0.15) is 13.2 Å². The van der Waals surface area contributed by atoms with Crippen LogP contribution in [0.25, 0.3) is 0 Å². The van der Waals surface area contributed by atoms with Gasteiger partial charge in [0.25, 0.3) is 0 Å². The van der Waals surface area contributed by atoms with Crippen LogP contribution in [0.15, 0.2) is 24.4 Å². The third-order valence-electron chi connectivity index (χ3n) is 6.02. The maximum atomic E-state index is 12.8. The van der Waals surface area contributed by atoms with E-state index in [2.05, 4.69) is 4.98 Å². The molecule has 8 nitrogen and oxygen atoms in total. The van der Waals surface area contributed by atoms with Crippen LogP contribution in [0, 0.1) is 5.41 Å². The Bertz CT molecular complexity index is 774. The Morgan fingerprint density at radius 1 is 1.19 bits per heavy atom. The average molecular weight is 459 g/mol. The van der Waals surface area contributed by atoms with Crippen LogP contribution in [0.2, 0.25) is 0 Å². The van der Waals surface area contributed by atoms with Gasteiger partial charge in [-0.05, 0) is 38.2 Å². The largest absolute Gasteiger partial charge is 0.490 e. The van der Waals surface area contributed by atoms with E-state index in [0.717, 1.165) is 64.9 Å². The number of amides is 2. The number of ether oxygens (including phenoxy) is 2. The monoisotopic (exact) mass is 459 g/mol. The fourth-order valence-corrected chi connectivity index (χ4v) is 4.42. The molecule has 32 heavy (non-hydrogen) atoms. The van der Waals surface area contributed by atoms with Gasteiger partial charge >= 0.3 is 18.2 Å². The summed E-state index contributed by atoms with van der Waals surface area (Å²) in [5, 5.41) is 7.12. The number of hydrogen-bond donors (Lipinski definition) is 1. The molecule has 4 rings (SSSR count). The van der Waals surface area contributed by atoms with Crippen LogP contribution in [0.3, 0.4) is 0 Å². The smallest absolute Gasteiger partial charge is 0.477 e. The van der Waals surface area contributed by atoms with Gasteiger partial charge in [0.05, 0.1) is 12.7 Å². The normalized spacial score (nSPS) is 25.4. The number of likely N-dealkylation sites (tertiary alicyclic amines) is 2. The van der Waals surface area contributed by atoms with Crippen molar-refractivity contribution in [1.29, 1.82) is 0 Å². The van der Waals surface area contributed by atoms with Gasteiger partial charge in [0.2, 0.25) is 5.88 Å². The van der Waals surface area contributed by atoms with Gasteiger partial charge in [0.1, 0.15) is 0 Å². The highest BCUT2D eigenvalue weighted by atomic mass is 19.4. The van der Waals surface area contributed by atoms with Crippen molar-refractivity contribution in [3.63, 3.8) is 0 Å². The van der Waals surface area contributed by atoms with E-state index in [4.69, 9.17) is 19.4 Å². The second-order valence-corrected chi connectivity index (χ2v) is 8.27. The molecule has 3 fully saturated rings. The van der Waals surface area contributed by atoms with Gasteiger partial charge in [0, 0.05) is 50.5 Å². The standard InChI is InChI=1S/C19H27N3O3.C2HF3O2/c23-18(21-10-3-4-11-21)22-12-7-16-19(14-22,8-5-13-24-16)15-25-17-6-1-2-9-20-17;3-2(4,5)1(6)7/h1-2,6,9,16H,3-5,7-8,10-15H2;(H,6,7). The summed E-state index contributed by atoms with van der Waals surface area (Å²) < 4.78 is 43.8. The van der Waals surface area contributed by atoms with Crippen molar-refractivity contribution >= 4 is 12.0 Å². The van der Waals surface area contributed by atoms with Gasteiger partial charge < -0.3 is 24.4 Å². The van der Waals surface area contributed by atoms with E-state index in [0.29, 0.717) is 12.5 Å². The van der Waals surface area contributed by atoms with Gasteiger partial charge in [-0.1, -0.05) is 6.07 Å². The number of carbonyl (C=O) groups is 2. The SMILES string of the molecule is O=C(N1CCCC1)N1CCC2OCCCC2(COc2ccccn2)C1.O=C(O)C(F)(F)F. The summed E-state index contributed by atoms with van der Waals surface area (Å²) >= 11 is 0. The Labute approximate surface area is 184 Å². The lowest BCUT2D eigenvalue weighted by atomic mass is 9.73. The molecule has 3 saturated heterocycles. The van der Waals surface area contributed by atoms with Crippen molar-refractivity contribution in [2.75, 3.05) is 39.4 Å². The molecular formula is C21H28F3N3O5. The molecule has 0 saturated carbocycles. The van der Waals surface area contributed by atoms with Crippen molar-refractivity contribution in [1.82, 2.24) is 14.8 Å². The molecule has 3 aliphatic rings. The molecule has 2 unspecified atom stereocenters. The fourth-order valence-electron chi connectivity index (χ4n) is 4.42. The van der Waals surface area contributed by atoms with Crippen LogP contribution in [0.5, 0.6) is 5.88 Å². The zero-order valence-corrected chi connectivity index (χ0v) is 17.7. The topological polar surface area (TPSA) is 92.2 Å². The first kappa shape index (κ1) is 24.1.